The Morgan fingerprint density at radius 2 is 1.90 bits per heavy atom. The number of anilines is 1. The lowest BCUT2D eigenvalue weighted by Gasteiger charge is -2.09. The van der Waals surface area contributed by atoms with E-state index in [1.807, 2.05) is 6.07 Å². The highest BCUT2D eigenvalue weighted by Gasteiger charge is 2.18. The summed E-state index contributed by atoms with van der Waals surface area (Å²) in [6.45, 7) is 3.56. The number of carbonyl (C=O) groups excluding carboxylic acids is 1. The molecule has 1 amide bonds. The molecule has 0 fully saturated rings. The van der Waals surface area contributed by atoms with Crippen molar-refractivity contribution in [3.05, 3.63) is 70.7 Å². The number of hydrogen-bond acceptors (Lipinski definition) is 7. The average molecular weight is 420 g/mol. The highest BCUT2D eigenvalue weighted by Crippen LogP contribution is 2.24. The molecule has 1 N–H and O–H groups in total. The summed E-state index contributed by atoms with van der Waals surface area (Å²) in [5.74, 6) is -0.122. The minimum absolute atomic E-state index is 0.218. The van der Waals surface area contributed by atoms with Crippen molar-refractivity contribution in [2.75, 3.05) is 5.32 Å². The molecule has 11 heteroatoms. The van der Waals surface area contributed by atoms with E-state index in [0.717, 1.165) is 0 Å². The van der Waals surface area contributed by atoms with Gasteiger partial charge in [0.2, 0.25) is 0 Å². The van der Waals surface area contributed by atoms with Gasteiger partial charge in [0.05, 0.1) is 58.1 Å². The van der Waals surface area contributed by atoms with Crippen molar-refractivity contribution in [2.45, 2.75) is 13.8 Å². The second-order valence-corrected chi connectivity index (χ2v) is 6.64. The Hall–Kier alpha value is -4.10. The Morgan fingerprint density at radius 1 is 1.13 bits per heavy atom. The number of aryl methyl sites for hydroxylation is 1. The lowest BCUT2D eigenvalue weighted by Crippen LogP contribution is -2.14. The fourth-order valence-corrected chi connectivity index (χ4v) is 3.06. The van der Waals surface area contributed by atoms with Crippen LogP contribution in [0.15, 0.2) is 43.1 Å². The Bertz CT molecular complexity index is 1290. The number of aromatic nitrogens is 7. The molecule has 4 aromatic rings. The van der Waals surface area contributed by atoms with Gasteiger partial charge in [-0.1, -0.05) is 11.6 Å². The van der Waals surface area contributed by atoms with E-state index in [1.54, 1.807) is 30.8 Å². The Morgan fingerprint density at radius 3 is 2.63 bits per heavy atom. The van der Waals surface area contributed by atoms with Crippen LogP contribution in [-0.2, 0) is 0 Å². The summed E-state index contributed by atoms with van der Waals surface area (Å²) in [4.78, 5) is 22.4. The summed E-state index contributed by atoms with van der Waals surface area (Å²) in [6, 6.07) is 5.26. The summed E-state index contributed by atoms with van der Waals surface area (Å²) in [5.41, 5.74) is 2.83. The number of nitrogens with zero attached hydrogens (tertiary/aromatic N) is 8. The van der Waals surface area contributed by atoms with Crippen LogP contribution in [0.1, 0.15) is 27.3 Å². The van der Waals surface area contributed by atoms with Crippen molar-refractivity contribution in [1.82, 2.24) is 34.7 Å². The van der Waals surface area contributed by atoms with Crippen molar-refractivity contribution in [1.29, 1.82) is 5.26 Å². The lowest BCUT2D eigenvalue weighted by atomic mass is 10.2. The van der Waals surface area contributed by atoms with E-state index in [9.17, 15) is 10.1 Å². The van der Waals surface area contributed by atoms with E-state index in [4.69, 9.17) is 11.6 Å². The maximum atomic E-state index is 12.8. The summed E-state index contributed by atoms with van der Waals surface area (Å²) in [5, 5.41) is 24.8. The van der Waals surface area contributed by atoms with Crippen molar-refractivity contribution < 1.29 is 4.79 Å². The molecule has 0 bridgehead atoms. The first-order valence-electron chi connectivity index (χ1n) is 8.74. The Balaban J connectivity index is 1.62. The number of nitriles is 1. The second kappa shape index (κ2) is 7.73. The number of pyridine rings is 2. The smallest absolute Gasteiger partial charge is 0.259 e. The molecule has 0 unspecified atom stereocenters. The van der Waals surface area contributed by atoms with Gasteiger partial charge in [-0.15, -0.1) is 4.80 Å². The maximum absolute atomic E-state index is 12.8. The van der Waals surface area contributed by atoms with Crippen LogP contribution >= 0.6 is 11.6 Å². The van der Waals surface area contributed by atoms with Crippen LogP contribution in [0.5, 0.6) is 0 Å². The molecule has 4 rings (SSSR count). The molecular formula is C19H14ClN9O. The van der Waals surface area contributed by atoms with Crippen molar-refractivity contribution in [3.8, 4) is 17.6 Å². The van der Waals surface area contributed by atoms with Gasteiger partial charge in [-0.2, -0.15) is 20.6 Å². The SMILES string of the molecule is Cc1nccc(-n2ncc(C(=O)Nc3cnc(-n4nccn4)c(C#N)c3)c2C)c1Cl. The predicted molar refractivity (Wildman–Crippen MR) is 108 cm³/mol. The molecule has 10 nitrogen and oxygen atoms in total. The summed E-state index contributed by atoms with van der Waals surface area (Å²) in [6.07, 6.45) is 7.48. The zero-order valence-electron chi connectivity index (χ0n) is 15.9. The molecule has 0 aromatic carbocycles. The van der Waals surface area contributed by atoms with Gasteiger partial charge in [-0.25, -0.2) is 9.67 Å². The summed E-state index contributed by atoms with van der Waals surface area (Å²) < 4.78 is 1.58. The molecule has 0 saturated carbocycles. The van der Waals surface area contributed by atoms with Crippen LogP contribution in [0.4, 0.5) is 5.69 Å². The Labute approximate surface area is 175 Å². The predicted octanol–water partition coefficient (Wildman–Crippen LogP) is 2.64. The zero-order chi connectivity index (χ0) is 21.3. The van der Waals surface area contributed by atoms with Crippen LogP contribution in [0, 0.1) is 25.2 Å². The van der Waals surface area contributed by atoms with Gasteiger partial charge in [0.25, 0.3) is 5.91 Å². The van der Waals surface area contributed by atoms with E-state index >= 15 is 0 Å². The topological polar surface area (TPSA) is 127 Å². The minimum atomic E-state index is -0.392. The van der Waals surface area contributed by atoms with Crippen LogP contribution in [0.3, 0.4) is 0 Å². The molecule has 0 atom stereocenters. The molecular weight excluding hydrogens is 406 g/mol. The highest BCUT2D eigenvalue weighted by molar-refractivity contribution is 6.33. The van der Waals surface area contributed by atoms with E-state index in [0.29, 0.717) is 33.3 Å². The molecule has 0 aliphatic carbocycles. The van der Waals surface area contributed by atoms with Crippen LogP contribution in [0.25, 0.3) is 11.5 Å². The first kappa shape index (κ1) is 19.2. The molecule has 0 radical (unpaired) electrons. The van der Waals surface area contributed by atoms with Gasteiger partial charge in [-0.3, -0.25) is 9.78 Å². The van der Waals surface area contributed by atoms with Crippen LogP contribution in [-0.4, -0.2) is 40.6 Å². The molecule has 4 aromatic heterocycles. The van der Waals surface area contributed by atoms with Crippen molar-refractivity contribution in [2.24, 2.45) is 0 Å². The van der Waals surface area contributed by atoms with Gasteiger partial charge >= 0.3 is 0 Å². The van der Waals surface area contributed by atoms with Gasteiger partial charge < -0.3 is 5.32 Å². The van der Waals surface area contributed by atoms with Crippen molar-refractivity contribution in [3.63, 3.8) is 0 Å². The van der Waals surface area contributed by atoms with E-state index in [2.05, 4.69) is 30.6 Å². The quantitative estimate of drug-likeness (QED) is 0.538. The van der Waals surface area contributed by atoms with Gasteiger partial charge in [0.15, 0.2) is 5.82 Å². The van der Waals surface area contributed by atoms with E-state index in [1.165, 1.54) is 35.7 Å². The second-order valence-electron chi connectivity index (χ2n) is 6.26. The molecule has 0 spiro atoms. The highest BCUT2D eigenvalue weighted by atomic mass is 35.5. The molecule has 0 aliphatic rings. The third-order valence-corrected chi connectivity index (χ3v) is 4.85. The molecule has 30 heavy (non-hydrogen) atoms. The van der Waals surface area contributed by atoms with E-state index < -0.39 is 5.91 Å². The lowest BCUT2D eigenvalue weighted by molar-refractivity contribution is 0.102. The first-order valence-corrected chi connectivity index (χ1v) is 9.11. The fourth-order valence-electron chi connectivity index (χ4n) is 2.86. The van der Waals surface area contributed by atoms with Gasteiger partial charge in [-0.05, 0) is 26.0 Å². The zero-order valence-corrected chi connectivity index (χ0v) is 16.7. The molecule has 4 heterocycles. The van der Waals surface area contributed by atoms with Crippen molar-refractivity contribution >= 4 is 23.2 Å². The number of carbonyl (C=O) groups is 1. The van der Waals surface area contributed by atoms with Crippen LogP contribution < -0.4 is 5.32 Å². The van der Waals surface area contributed by atoms with Gasteiger partial charge in [0.1, 0.15) is 11.6 Å². The number of halogens is 1. The third kappa shape index (κ3) is 3.38. The normalized spacial score (nSPS) is 10.6. The molecule has 0 saturated heterocycles. The van der Waals surface area contributed by atoms with Gasteiger partial charge in [0, 0.05) is 6.20 Å². The summed E-state index contributed by atoms with van der Waals surface area (Å²) >= 11 is 6.33. The molecule has 148 valence electrons. The first-order chi connectivity index (χ1) is 14.5. The number of rotatable bonds is 4. The standard InChI is InChI=1S/C19H14ClN9O/c1-11-17(20)16(3-4-22-11)28-12(2)15(10-26-28)19(30)27-14-7-13(8-21)18(23-9-14)29-24-5-6-25-29/h3-7,9-10H,1-2H3,(H,27,30). The average Bonchev–Trinajstić information content (AvgIpc) is 3.40. The monoisotopic (exact) mass is 419 g/mol. The third-order valence-electron chi connectivity index (χ3n) is 4.38. The molecule has 0 aliphatic heterocycles. The largest absolute Gasteiger partial charge is 0.320 e. The maximum Gasteiger partial charge on any atom is 0.259 e. The number of nitrogens with one attached hydrogen (secondary N) is 1. The van der Waals surface area contributed by atoms with Crippen LogP contribution in [0.2, 0.25) is 5.02 Å². The Kier molecular flexibility index (Phi) is 4.95. The summed E-state index contributed by atoms with van der Waals surface area (Å²) in [7, 11) is 0. The number of hydrogen-bond donors (Lipinski definition) is 1. The van der Waals surface area contributed by atoms with E-state index in [-0.39, 0.29) is 11.4 Å². The number of amides is 1. The fraction of sp³-hybridized carbons (Fsp3) is 0.105. The minimum Gasteiger partial charge on any atom is -0.320 e.